The minimum atomic E-state index is 0.278. The predicted molar refractivity (Wildman–Crippen MR) is 53.9 cm³/mol. The Labute approximate surface area is 78.6 Å². The Morgan fingerprint density at radius 2 is 2.38 bits per heavy atom. The van der Waals surface area contributed by atoms with Crippen molar-refractivity contribution >= 4 is 5.69 Å². The Kier molecular flexibility index (Phi) is 2.23. The molecular weight excluding hydrogens is 162 g/mol. The molecule has 1 aliphatic rings. The molecule has 2 N–H and O–H groups in total. The first-order valence-corrected chi connectivity index (χ1v) is 4.74. The number of aliphatic hydroxyl groups excluding tert-OH is 1. The first-order valence-electron chi connectivity index (χ1n) is 4.74. The first-order chi connectivity index (χ1) is 6.31. The van der Waals surface area contributed by atoms with Crippen molar-refractivity contribution in [2.75, 3.05) is 18.5 Å². The van der Waals surface area contributed by atoms with E-state index in [4.69, 9.17) is 5.11 Å². The van der Waals surface area contributed by atoms with E-state index in [0.717, 1.165) is 13.0 Å². The second-order valence-corrected chi connectivity index (χ2v) is 3.74. The maximum Gasteiger partial charge on any atom is 0.0479 e. The molecule has 0 saturated carbocycles. The third-order valence-corrected chi connectivity index (χ3v) is 2.69. The van der Waals surface area contributed by atoms with Crippen molar-refractivity contribution < 1.29 is 5.11 Å². The van der Waals surface area contributed by atoms with Crippen LogP contribution in [0.3, 0.4) is 0 Å². The second kappa shape index (κ2) is 3.38. The number of benzene rings is 1. The van der Waals surface area contributed by atoms with Crippen molar-refractivity contribution in [3.05, 3.63) is 29.3 Å². The van der Waals surface area contributed by atoms with Gasteiger partial charge in [0.15, 0.2) is 0 Å². The number of fused-ring (bicyclic) bond motifs is 1. The molecule has 2 nitrogen and oxygen atoms in total. The second-order valence-electron chi connectivity index (χ2n) is 3.74. The van der Waals surface area contributed by atoms with E-state index >= 15 is 0 Å². The summed E-state index contributed by atoms with van der Waals surface area (Å²) in [6.45, 7) is 3.29. The van der Waals surface area contributed by atoms with Crippen LogP contribution in [0.5, 0.6) is 0 Å². The molecule has 0 fully saturated rings. The van der Waals surface area contributed by atoms with Gasteiger partial charge in [0, 0.05) is 24.8 Å². The van der Waals surface area contributed by atoms with Crippen LogP contribution in [0.15, 0.2) is 18.2 Å². The molecule has 2 rings (SSSR count). The van der Waals surface area contributed by atoms with Gasteiger partial charge >= 0.3 is 0 Å². The van der Waals surface area contributed by atoms with Crippen LogP contribution >= 0.6 is 0 Å². The molecule has 0 spiro atoms. The van der Waals surface area contributed by atoms with Crippen molar-refractivity contribution in [3.63, 3.8) is 0 Å². The summed E-state index contributed by atoms with van der Waals surface area (Å²) in [5.74, 6) is 0.384. The molecule has 1 unspecified atom stereocenters. The van der Waals surface area contributed by atoms with Gasteiger partial charge < -0.3 is 10.4 Å². The quantitative estimate of drug-likeness (QED) is 0.682. The van der Waals surface area contributed by atoms with E-state index in [9.17, 15) is 0 Å². The third-order valence-electron chi connectivity index (χ3n) is 2.69. The lowest BCUT2D eigenvalue weighted by molar-refractivity contribution is 0.230. The van der Waals surface area contributed by atoms with Crippen LogP contribution in [0.4, 0.5) is 5.69 Å². The highest BCUT2D eigenvalue weighted by atomic mass is 16.3. The van der Waals surface area contributed by atoms with Gasteiger partial charge in [-0.05, 0) is 24.5 Å². The first kappa shape index (κ1) is 8.57. The van der Waals surface area contributed by atoms with E-state index in [-0.39, 0.29) is 6.61 Å². The Morgan fingerprint density at radius 1 is 1.54 bits per heavy atom. The zero-order chi connectivity index (χ0) is 9.26. The van der Waals surface area contributed by atoms with Gasteiger partial charge in [-0.3, -0.25) is 0 Å². The largest absolute Gasteiger partial charge is 0.396 e. The molecule has 1 aliphatic heterocycles. The van der Waals surface area contributed by atoms with Crippen molar-refractivity contribution in [3.8, 4) is 0 Å². The van der Waals surface area contributed by atoms with E-state index < -0.39 is 0 Å². The fourth-order valence-corrected chi connectivity index (χ4v) is 1.91. The third kappa shape index (κ3) is 1.54. The van der Waals surface area contributed by atoms with Crippen molar-refractivity contribution in [1.82, 2.24) is 0 Å². The molecule has 0 saturated heterocycles. The zero-order valence-electron chi connectivity index (χ0n) is 7.88. The zero-order valence-corrected chi connectivity index (χ0v) is 7.88. The van der Waals surface area contributed by atoms with Gasteiger partial charge in [0.2, 0.25) is 0 Å². The predicted octanol–water partition coefficient (Wildman–Crippen LogP) is 1.57. The number of hydrogen-bond acceptors (Lipinski definition) is 2. The van der Waals surface area contributed by atoms with E-state index in [0.29, 0.717) is 5.92 Å². The van der Waals surface area contributed by atoms with Crippen LogP contribution in [-0.4, -0.2) is 18.3 Å². The number of para-hydroxylation sites is 1. The molecule has 1 aromatic carbocycles. The highest BCUT2D eigenvalue weighted by molar-refractivity contribution is 5.58. The number of aryl methyl sites for hydroxylation is 1. The molecule has 13 heavy (non-hydrogen) atoms. The summed E-state index contributed by atoms with van der Waals surface area (Å²) in [6, 6.07) is 6.33. The van der Waals surface area contributed by atoms with E-state index in [2.05, 4.69) is 30.4 Å². The van der Waals surface area contributed by atoms with Gasteiger partial charge in [0.25, 0.3) is 0 Å². The highest BCUT2D eigenvalue weighted by Gasteiger charge is 2.17. The number of hydrogen-bond donors (Lipinski definition) is 2. The van der Waals surface area contributed by atoms with Gasteiger partial charge in [-0.25, -0.2) is 0 Å². The molecular formula is C11H15NO. The Morgan fingerprint density at radius 3 is 3.15 bits per heavy atom. The van der Waals surface area contributed by atoms with Crippen LogP contribution < -0.4 is 5.32 Å². The minimum absolute atomic E-state index is 0.278. The Bertz CT molecular complexity index is 309. The average molecular weight is 177 g/mol. The molecule has 0 aliphatic carbocycles. The molecule has 0 aromatic heterocycles. The average Bonchev–Trinajstić information content (AvgIpc) is 2.18. The van der Waals surface area contributed by atoms with Gasteiger partial charge in [-0.2, -0.15) is 0 Å². The monoisotopic (exact) mass is 177 g/mol. The summed E-state index contributed by atoms with van der Waals surface area (Å²) >= 11 is 0. The van der Waals surface area contributed by atoms with Crippen LogP contribution in [0.1, 0.15) is 11.1 Å². The molecule has 1 heterocycles. The Hall–Kier alpha value is -1.02. The van der Waals surface area contributed by atoms with Gasteiger partial charge in [0.05, 0.1) is 0 Å². The van der Waals surface area contributed by atoms with Crippen LogP contribution in [0, 0.1) is 12.8 Å². The smallest absolute Gasteiger partial charge is 0.0479 e. The summed E-state index contributed by atoms with van der Waals surface area (Å²) in [5.41, 5.74) is 3.91. The van der Waals surface area contributed by atoms with E-state index in [1.165, 1.54) is 16.8 Å². The standard InChI is InChI=1S/C11H15NO/c1-8-3-2-4-10-5-9(7-13)6-12-11(8)10/h2-4,9,12-13H,5-7H2,1H3. The lowest BCUT2D eigenvalue weighted by atomic mass is 9.93. The topological polar surface area (TPSA) is 32.3 Å². The van der Waals surface area contributed by atoms with Crippen molar-refractivity contribution in [2.24, 2.45) is 5.92 Å². The fraction of sp³-hybridized carbons (Fsp3) is 0.455. The SMILES string of the molecule is Cc1cccc2c1NCC(CO)C2. The van der Waals surface area contributed by atoms with Gasteiger partial charge in [0.1, 0.15) is 0 Å². The van der Waals surface area contributed by atoms with Crippen LogP contribution in [0.2, 0.25) is 0 Å². The summed E-state index contributed by atoms with van der Waals surface area (Å²) in [6.07, 6.45) is 1.00. The molecule has 0 radical (unpaired) electrons. The maximum absolute atomic E-state index is 9.05. The molecule has 70 valence electrons. The lowest BCUT2D eigenvalue weighted by Crippen LogP contribution is -2.26. The Balaban J connectivity index is 2.31. The number of rotatable bonds is 1. The number of anilines is 1. The molecule has 1 aromatic rings. The highest BCUT2D eigenvalue weighted by Crippen LogP contribution is 2.27. The van der Waals surface area contributed by atoms with Crippen LogP contribution in [-0.2, 0) is 6.42 Å². The summed E-state index contributed by atoms with van der Waals surface area (Å²) in [5, 5.41) is 12.4. The normalized spacial score (nSPS) is 20.6. The molecule has 0 bridgehead atoms. The molecule has 0 amide bonds. The molecule has 1 atom stereocenters. The van der Waals surface area contributed by atoms with E-state index in [1.807, 2.05) is 0 Å². The lowest BCUT2D eigenvalue weighted by Gasteiger charge is -2.25. The van der Waals surface area contributed by atoms with E-state index in [1.54, 1.807) is 0 Å². The number of aliphatic hydroxyl groups is 1. The van der Waals surface area contributed by atoms with Crippen LogP contribution in [0.25, 0.3) is 0 Å². The van der Waals surface area contributed by atoms with Gasteiger partial charge in [-0.1, -0.05) is 18.2 Å². The maximum atomic E-state index is 9.05. The van der Waals surface area contributed by atoms with Crippen molar-refractivity contribution in [1.29, 1.82) is 0 Å². The summed E-state index contributed by atoms with van der Waals surface area (Å²) < 4.78 is 0. The number of nitrogens with one attached hydrogen (secondary N) is 1. The van der Waals surface area contributed by atoms with Crippen molar-refractivity contribution in [2.45, 2.75) is 13.3 Å². The minimum Gasteiger partial charge on any atom is -0.396 e. The summed E-state index contributed by atoms with van der Waals surface area (Å²) in [4.78, 5) is 0. The summed E-state index contributed by atoms with van der Waals surface area (Å²) in [7, 11) is 0. The van der Waals surface area contributed by atoms with Gasteiger partial charge in [-0.15, -0.1) is 0 Å². The fourth-order valence-electron chi connectivity index (χ4n) is 1.91. The molecule has 2 heteroatoms.